The smallest absolute Gasteiger partial charge is 0.306 e. The van der Waals surface area contributed by atoms with Gasteiger partial charge >= 0.3 is 17.9 Å². The monoisotopic (exact) mass is 1120 g/mol. The van der Waals surface area contributed by atoms with Gasteiger partial charge in [-0.15, -0.1) is 0 Å². The van der Waals surface area contributed by atoms with E-state index in [9.17, 15) is 14.4 Å². The maximum Gasteiger partial charge on any atom is 0.306 e. The van der Waals surface area contributed by atoms with Gasteiger partial charge in [0.15, 0.2) is 6.10 Å². The van der Waals surface area contributed by atoms with Gasteiger partial charge in [0.2, 0.25) is 0 Å². The summed E-state index contributed by atoms with van der Waals surface area (Å²) >= 11 is 0. The molecule has 6 nitrogen and oxygen atoms in total. The average Bonchev–Trinajstić information content (AvgIpc) is 3.47. The molecule has 0 spiro atoms. The number of unbranched alkanes of at least 4 members (excludes halogenated alkanes) is 30. The van der Waals surface area contributed by atoms with E-state index in [0.717, 1.165) is 122 Å². The summed E-state index contributed by atoms with van der Waals surface area (Å²) in [4.78, 5) is 38.3. The molecule has 0 aliphatic rings. The fourth-order valence-electron chi connectivity index (χ4n) is 9.37. The van der Waals surface area contributed by atoms with Crippen molar-refractivity contribution in [2.24, 2.45) is 0 Å². The topological polar surface area (TPSA) is 78.9 Å². The van der Waals surface area contributed by atoms with E-state index in [-0.39, 0.29) is 31.1 Å². The summed E-state index contributed by atoms with van der Waals surface area (Å²) in [5.41, 5.74) is 0. The van der Waals surface area contributed by atoms with E-state index in [0.29, 0.717) is 19.3 Å². The van der Waals surface area contributed by atoms with Crippen LogP contribution in [0.4, 0.5) is 0 Å². The van der Waals surface area contributed by atoms with Gasteiger partial charge < -0.3 is 14.2 Å². The van der Waals surface area contributed by atoms with Crippen LogP contribution >= 0.6 is 0 Å². The predicted octanol–water partition coefficient (Wildman–Crippen LogP) is 23.6. The van der Waals surface area contributed by atoms with Crippen LogP contribution in [0.2, 0.25) is 0 Å². The molecular formula is C75H126O6. The van der Waals surface area contributed by atoms with Crippen LogP contribution in [0.25, 0.3) is 0 Å². The lowest BCUT2D eigenvalue weighted by Gasteiger charge is -2.18. The van der Waals surface area contributed by atoms with Gasteiger partial charge in [0.1, 0.15) is 13.2 Å². The largest absolute Gasteiger partial charge is 0.462 e. The van der Waals surface area contributed by atoms with Crippen molar-refractivity contribution in [1.82, 2.24) is 0 Å². The quantitative estimate of drug-likeness (QED) is 0.0261. The summed E-state index contributed by atoms with van der Waals surface area (Å²) in [5.74, 6) is -0.891. The van der Waals surface area contributed by atoms with Crippen LogP contribution in [-0.2, 0) is 28.6 Å². The van der Waals surface area contributed by atoms with Gasteiger partial charge in [-0.3, -0.25) is 14.4 Å². The molecule has 0 aliphatic carbocycles. The highest BCUT2D eigenvalue weighted by atomic mass is 16.6. The summed E-state index contributed by atoms with van der Waals surface area (Å²) < 4.78 is 16.9. The van der Waals surface area contributed by atoms with Crippen LogP contribution in [0.15, 0.2) is 122 Å². The molecule has 0 rings (SSSR count). The molecule has 81 heavy (non-hydrogen) atoms. The van der Waals surface area contributed by atoms with E-state index in [1.54, 1.807) is 0 Å². The first-order chi connectivity index (χ1) is 40.0. The van der Waals surface area contributed by atoms with Crippen molar-refractivity contribution in [2.45, 2.75) is 322 Å². The summed E-state index contributed by atoms with van der Waals surface area (Å²) in [5, 5.41) is 0. The Morgan fingerprint density at radius 3 is 0.765 bits per heavy atom. The normalized spacial score (nSPS) is 12.9. The van der Waals surface area contributed by atoms with E-state index in [1.165, 1.54) is 154 Å². The molecule has 0 aromatic carbocycles. The van der Waals surface area contributed by atoms with E-state index >= 15 is 0 Å². The van der Waals surface area contributed by atoms with Gasteiger partial charge in [0.05, 0.1) is 0 Å². The second-order valence-electron chi connectivity index (χ2n) is 22.4. The zero-order valence-corrected chi connectivity index (χ0v) is 53.0. The molecule has 6 heteroatoms. The molecule has 1 atom stereocenters. The van der Waals surface area contributed by atoms with Crippen molar-refractivity contribution >= 4 is 17.9 Å². The third-order valence-corrected chi connectivity index (χ3v) is 14.5. The minimum atomic E-state index is -0.785. The van der Waals surface area contributed by atoms with Crippen molar-refractivity contribution in [3.8, 4) is 0 Å². The van der Waals surface area contributed by atoms with Gasteiger partial charge in [0.25, 0.3) is 0 Å². The number of rotatable bonds is 61. The lowest BCUT2D eigenvalue weighted by molar-refractivity contribution is -0.167. The van der Waals surface area contributed by atoms with Gasteiger partial charge in [-0.25, -0.2) is 0 Å². The first-order valence-corrected chi connectivity index (χ1v) is 34.0. The lowest BCUT2D eigenvalue weighted by Crippen LogP contribution is -2.30. The molecular weight excluding hydrogens is 997 g/mol. The van der Waals surface area contributed by atoms with E-state index in [4.69, 9.17) is 14.2 Å². The lowest BCUT2D eigenvalue weighted by atomic mass is 10.1. The van der Waals surface area contributed by atoms with Crippen LogP contribution in [0.5, 0.6) is 0 Å². The molecule has 0 amide bonds. The minimum absolute atomic E-state index is 0.0815. The van der Waals surface area contributed by atoms with Crippen LogP contribution < -0.4 is 0 Å². The number of hydrogen-bond acceptors (Lipinski definition) is 6. The number of carbonyl (C=O) groups excluding carboxylic acids is 3. The van der Waals surface area contributed by atoms with Crippen molar-refractivity contribution in [3.63, 3.8) is 0 Å². The molecule has 0 radical (unpaired) electrons. The first-order valence-electron chi connectivity index (χ1n) is 34.0. The van der Waals surface area contributed by atoms with Gasteiger partial charge in [-0.1, -0.05) is 303 Å². The molecule has 0 aromatic heterocycles. The maximum atomic E-state index is 12.9. The minimum Gasteiger partial charge on any atom is -0.462 e. The zero-order valence-electron chi connectivity index (χ0n) is 53.0. The zero-order chi connectivity index (χ0) is 58.5. The Bertz CT molecular complexity index is 1670. The summed E-state index contributed by atoms with van der Waals surface area (Å²) in [6.07, 6.45) is 95.1. The number of allylic oxidation sites excluding steroid dienone is 20. The van der Waals surface area contributed by atoms with E-state index in [1.807, 2.05) is 0 Å². The number of ether oxygens (including phenoxy) is 3. The first kappa shape index (κ1) is 76.8. The molecule has 0 aromatic rings. The second kappa shape index (κ2) is 68.3. The van der Waals surface area contributed by atoms with E-state index in [2.05, 4.69) is 142 Å². The predicted molar refractivity (Wildman–Crippen MR) is 353 cm³/mol. The Morgan fingerprint density at radius 2 is 0.481 bits per heavy atom. The van der Waals surface area contributed by atoms with Gasteiger partial charge in [0, 0.05) is 19.3 Å². The summed E-state index contributed by atoms with van der Waals surface area (Å²) in [6.45, 7) is 6.52. The van der Waals surface area contributed by atoms with Gasteiger partial charge in [-0.2, -0.15) is 0 Å². The van der Waals surface area contributed by atoms with E-state index < -0.39 is 6.10 Å². The van der Waals surface area contributed by atoms with Crippen molar-refractivity contribution < 1.29 is 28.6 Å². The third-order valence-electron chi connectivity index (χ3n) is 14.5. The maximum absolute atomic E-state index is 12.9. The molecule has 0 saturated heterocycles. The molecule has 0 aliphatic heterocycles. The van der Waals surface area contributed by atoms with Crippen LogP contribution in [-0.4, -0.2) is 37.2 Å². The van der Waals surface area contributed by atoms with Crippen molar-refractivity contribution in [1.29, 1.82) is 0 Å². The average molecular weight is 1120 g/mol. The van der Waals surface area contributed by atoms with Crippen molar-refractivity contribution in [2.75, 3.05) is 13.2 Å². The number of carbonyl (C=O) groups is 3. The molecule has 0 saturated carbocycles. The Kier molecular flexibility index (Phi) is 64.8. The Morgan fingerprint density at radius 1 is 0.259 bits per heavy atom. The highest BCUT2D eigenvalue weighted by molar-refractivity contribution is 5.71. The molecule has 462 valence electrons. The Hall–Kier alpha value is -4.19. The Labute approximate surface area is 501 Å². The summed E-state index contributed by atoms with van der Waals surface area (Å²) in [7, 11) is 0. The third kappa shape index (κ3) is 66.5. The fraction of sp³-hybridized carbons (Fsp3) is 0.693. The van der Waals surface area contributed by atoms with Crippen LogP contribution in [0.3, 0.4) is 0 Å². The summed E-state index contributed by atoms with van der Waals surface area (Å²) in [6, 6.07) is 0. The van der Waals surface area contributed by atoms with Gasteiger partial charge in [-0.05, 0) is 116 Å². The molecule has 0 fully saturated rings. The van der Waals surface area contributed by atoms with Crippen LogP contribution in [0.1, 0.15) is 316 Å². The highest BCUT2D eigenvalue weighted by Gasteiger charge is 2.19. The number of esters is 3. The fourth-order valence-corrected chi connectivity index (χ4v) is 9.37. The number of hydrogen-bond donors (Lipinski definition) is 0. The van der Waals surface area contributed by atoms with Crippen molar-refractivity contribution in [3.05, 3.63) is 122 Å². The molecule has 0 bridgehead atoms. The highest BCUT2D eigenvalue weighted by Crippen LogP contribution is 2.16. The molecule has 1 unspecified atom stereocenters. The van der Waals surface area contributed by atoms with Crippen LogP contribution in [0, 0.1) is 0 Å². The molecule has 0 N–H and O–H groups in total. The molecule has 0 heterocycles. The second-order valence-corrected chi connectivity index (χ2v) is 22.4. The Balaban J connectivity index is 4.23. The SMILES string of the molecule is CC/C=C\C/C=C\C/C=C\C/C=C\C/C=C\C/C=C\C/C=C\C/C=C\C/C=C\CCCCCCCCCC(=O)OCC(COC(=O)CCCCCCCCCCCC)OC(=O)CCCCCCCCC/C=C\CCCCCCCCC. The standard InChI is InChI=1S/C75H126O6/c1-4-7-10-13-16-19-22-24-26-28-30-31-32-33-34-35-36-37-38-39-40-41-42-43-44-45-46-48-49-51-53-56-59-62-65-68-74(77)80-71-72(70-79-73(76)67-64-61-58-55-21-18-15-12-9-6-3)81-75(78)69-66-63-60-57-54-52-50-47-29-27-25-23-20-17-14-11-8-5-2/h7,10,16,19,24,26-27,29-31,33-34,36-37,39-40,42-43,45-46,72H,4-6,8-9,11-15,17-18,20-23,25,28,32,35,38,41,44,47-71H2,1-3H3/b10-7-,19-16-,26-24-,29-27-,31-30-,34-33-,37-36-,40-39-,43-42-,46-45-.